The Kier molecular flexibility index (Phi) is 5.24. The molecule has 0 aliphatic heterocycles. The molecule has 146 valence electrons. The fraction of sp³-hybridized carbons (Fsp3) is 0.130. The summed E-state index contributed by atoms with van der Waals surface area (Å²) in [6, 6.07) is 19.1. The van der Waals surface area contributed by atoms with E-state index in [0.29, 0.717) is 11.4 Å². The molecule has 6 heteroatoms. The summed E-state index contributed by atoms with van der Waals surface area (Å²) < 4.78 is 20.7. The van der Waals surface area contributed by atoms with E-state index < -0.39 is 0 Å². The number of imidazole rings is 1. The summed E-state index contributed by atoms with van der Waals surface area (Å²) in [6.07, 6.45) is 3.90. The average molecular weight is 389 g/mol. The number of hydrogen-bond acceptors (Lipinski definition) is 3. The lowest BCUT2D eigenvalue weighted by molar-refractivity contribution is -0.116. The van der Waals surface area contributed by atoms with Gasteiger partial charge in [-0.25, -0.2) is 9.37 Å². The number of anilines is 1. The number of ether oxygens (including phenoxy) is 1. The van der Waals surface area contributed by atoms with Crippen LogP contribution in [0.25, 0.3) is 5.65 Å². The Morgan fingerprint density at radius 3 is 2.66 bits per heavy atom. The molecule has 0 aliphatic rings. The van der Waals surface area contributed by atoms with Gasteiger partial charge >= 0.3 is 0 Å². The van der Waals surface area contributed by atoms with Gasteiger partial charge in [-0.3, -0.25) is 4.79 Å². The zero-order chi connectivity index (χ0) is 20.2. The van der Waals surface area contributed by atoms with Crippen LogP contribution in [0.4, 0.5) is 10.1 Å². The first-order chi connectivity index (χ1) is 14.2. The van der Waals surface area contributed by atoms with Gasteiger partial charge in [0.25, 0.3) is 0 Å². The summed E-state index contributed by atoms with van der Waals surface area (Å²) in [7, 11) is 1.61. The maximum atomic E-state index is 13.1. The van der Waals surface area contributed by atoms with Gasteiger partial charge in [0.15, 0.2) is 0 Å². The van der Waals surface area contributed by atoms with Crippen LogP contribution >= 0.6 is 0 Å². The van der Waals surface area contributed by atoms with Crippen LogP contribution < -0.4 is 10.1 Å². The number of amides is 1. The van der Waals surface area contributed by atoms with Crippen molar-refractivity contribution in [1.82, 2.24) is 9.38 Å². The van der Waals surface area contributed by atoms with Crippen LogP contribution in [0.1, 0.15) is 23.6 Å². The summed E-state index contributed by atoms with van der Waals surface area (Å²) in [5.41, 5.74) is 3.14. The lowest BCUT2D eigenvalue weighted by atomic mass is 9.91. The number of pyridine rings is 1. The minimum atomic E-state index is -0.347. The highest BCUT2D eigenvalue weighted by atomic mass is 19.1. The van der Waals surface area contributed by atoms with E-state index in [4.69, 9.17) is 4.74 Å². The largest absolute Gasteiger partial charge is 0.496 e. The number of halogens is 1. The predicted octanol–water partition coefficient (Wildman–Crippen LogP) is 4.64. The number of para-hydroxylation sites is 1. The average Bonchev–Trinajstić information content (AvgIpc) is 3.18. The number of rotatable bonds is 6. The van der Waals surface area contributed by atoms with Gasteiger partial charge in [-0.05, 0) is 42.5 Å². The lowest BCUT2D eigenvalue weighted by Gasteiger charge is -2.20. The molecule has 5 nitrogen and oxygen atoms in total. The third-order valence-corrected chi connectivity index (χ3v) is 4.83. The van der Waals surface area contributed by atoms with E-state index in [9.17, 15) is 9.18 Å². The first kappa shape index (κ1) is 18.7. The topological polar surface area (TPSA) is 55.6 Å². The molecule has 0 bridgehead atoms. The van der Waals surface area contributed by atoms with Crippen LogP contribution in [-0.2, 0) is 4.79 Å². The van der Waals surface area contributed by atoms with Crippen molar-refractivity contribution in [2.24, 2.45) is 0 Å². The molecule has 2 heterocycles. The van der Waals surface area contributed by atoms with Crippen molar-refractivity contribution in [3.8, 4) is 5.75 Å². The minimum absolute atomic E-state index is 0.181. The van der Waals surface area contributed by atoms with E-state index in [2.05, 4.69) is 10.3 Å². The number of methoxy groups -OCH3 is 1. The quantitative estimate of drug-likeness (QED) is 0.523. The second-order valence-electron chi connectivity index (χ2n) is 6.67. The van der Waals surface area contributed by atoms with E-state index in [1.165, 1.54) is 12.1 Å². The van der Waals surface area contributed by atoms with E-state index in [0.717, 1.165) is 16.9 Å². The molecule has 1 N–H and O–H groups in total. The molecule has 0 fully saturated rings. The van der Waals surface area contributed by atoms with Crippen molar-refractivity contribution >= 4 is 17.2 Å². The van der Waals surface area contributed by atoms with Crippen LogP contribution in [0, 0.1) is 5.82 Å². The summed E-state index contributed by atoms with van der Waals surface area (Å²) in [4.78, 5) is 17.3. The number of fused-ring (bicyclic) bond motifs is 1. The highest BCUT2D eigenvalue weighted by Crippen LogP contribution is 2.35. The molecule has 0 radical (unpaired) electrons. The molecule has 1 unspecified atom stereocenters. The van der Waals surface area contributed by atoms with Crippen LogP contribution in [0.5, 0.6) is 5.75 Å². The molecule has 4 rings (SSSR count). The Morgan fingerprint density at radius 1 is 1.10 bits per heavy atom. The van der Waals surface area contributed by atoms with Gasteiger partial charge in [0.05, 0.1) is 12.8 Å². The van der Waals surface area contributed by atoms with Crippen molar-refractivity contribution < 1.29 is 13.9 Å². The molecule has 29 heavy (non-hydrogen) atoms. The lowest BCUT2D eigenvalue weighted by Crippen LogP contribution is -2.18. The number of hydrogen-bond donors (Lipinski definition) is 1. The van der Waals surface area contributed by atoms with E-state index in [1.54, 1.807) is 25.4 Å². The Bertz CT molecular complexity index is 1140. The van der Waals surface area contributed by atoms with Crippen molar-refractivity contribution in [2.75, 3.05) is 12.4 Å². The molecule has 4 aromatic rings. The molecule has 1 amide bonds. The maximum absolute atomic E-state index is 13.1. The zero-order valence-corrected chi connectivity index (χ0v) is 15.9. The number of aromatic nitrogens is 2. The van der Waals surface area contributed by atoms with Gasteiger partial charge < -0.3 is 14.5 Å². The van der Waals surface area contributed by atoms with Crippen LogP contribution in [-0.4, -0.2) is 22.4 Å². The third-order valence-electron chi connectivity index (χ3n) is 4.83. The molecule has 0 spiro atoms. The first-order valence-corrected chi connectivity index (χ1v) is 9.26. The van der Waals surface area contributed by atoms with Crippen molar-refractivity contribution in [3.05, 3.63) is 96.2 Å². The number of nitrogens with zero attached hydrogens (tertiary/aromatic N) is 2. The normalized spacial score (nSPS) is 11.9. The minimum Gasteiger partial charge on any atom is -0.496 e. The van der Waals surface area contributed by atoms with Gasteiger partial charge in [-0.15, -0.1) is 0 Å². The highest BCUT2D eigenvalue weighted by molar-refractivity contribution is 5.91. The van der Waals surface area contributed by atoms with Gasteiger partial charge in [0.1, 0.15) is 17.2 Å². The summed E-state index contributed by atoms with van der Waals surface area (Å²) in [5, 5.41) is 2.84. The second kappa shape index (κ2) is 8.14. The third kappa shape index (κ3) is 3.96. The number of nitrogens with one attached hydrogen (secondary N) is 1. The van der Waals surface area contributed by atoms with Crippen molar-refractivity contribution in [1.29, 1.82) is 0 Å². The van der Waals surface area contributed by atoms with Gasteiger partial charge in [0, 0.05) is 36.0 Å². The SMILES string of the molecule is COc1ccccc1C(CC(=O)Nc1ccc(F)cc1)c1cnc2ccccn12. The zero-order valence-electron chi connectivity index (χ0n) is 15.9. The Morgan fingerprint density at radius 2 is 1.86 bits per heavy atom. The maximum Gasteiger partial charge on any atom is 0.225 e. The first-order valence-electron chi connectivity index (χ1n) is 9.26. The molecule has 2 aromatic heterocycles. The molecule has 2 aromatic carbocycles. The van der Waals surface area contributed by atoms with Gasteiger partial charge in [-0.1, -0.05) is 24.3 Å². The van der Waals surface area contributed by atoms with Crippen LogP contribution in [0.3, 0.4) is 0 Å². The highest BCUT2D eigenvalue weighted by Gasteiger charge is 2.24. The molecule has 0 aliphatic carbocycles. The monoisotopic (exact) mass is 389 g/mol. The number of carbonyl (C=O) groups is 1. The van der Waals surface area contributed by atoms with Crippen molar-refractivity contribution in [2.45, 2.75) is 12.3 Å². The summed E-state index contributed by atoms with van der Waals surface area (Å²) in [6.45, 7) is 0. The van der Waals surface area contributed by atoms with Crippen LogP contribution in [0.15, 0.2) is 79.1 Å². The van der Waals surface area contributed by atoms with Crippen LogP contribution in [0.2, 0.25) is 0 Å². The Balaban J connectivity index is 1.70. The smallest absolute Gasteiger partial charge is 0.225 e. The molecule has 0 saturated heterocycles. The molecule has 0 saturated carbocycles. The Labute approximate surface area is 167 Å². The summed E-state index contributed by atoms with van der Waals surface area (Å²) in [5.74, 6) is -0.0963. The fourth-order valence-corrected chi connectivity index (χ4v) is 3.47. The van der Waals surface area contributed by atoms with E-state index >= 15 is 0 Å². The second-order valence-corrected chi connectivity index (χ2v) is 6.67. The van der Waals surface area contributed by atoms with E-state index in [-0.39, 0.29) is 24.1 Å². The fourth-order valence-electron chi connectivity index (χ4n) is 3.47. The number of carbonyl (C=O) groups excluding carboxylic acids is 1. The van der Waals surface area contributed by atoms with Crippen molar-refractivity contribution in [3.63, 3.8) is 0 Å². The Hall–Kier alpha value is -3.67. The van der Waals surface area contributed by atoms with Gasteiger partial charge in [-0.2, -0.15) is 0 Å². The number of benzene rings is 2. The predicted molar refractivity (Wildman–Crippen MR) is 110 cm³/mol. The van der Waals surface area contributed by atoms with E-state index in [1.807, 2.05) is 53.1 Å². The molecular formula is C23H20FN3O2. The summed E-state index contributed by atoms with van der Waals surface area (Å²) >= 11 is 0. The molecule has 1 atom stereocenters. The van der Waals surface area contributed by atoms with Gasteiger partial charge in [0.2, 0.25) is 5.91 Å². The standard InChI is InChI=1S/C23H20FN3O2/c1-29-21-7-3-2-6-18(21)19(20-15-25-22-8-4-5-13-27(20)22)14-23(28)26-17-11-9-16(24)10-12-17/h2-13,15,19H,14H2,1H3,(H,26,28). The molecular weight excluding hydrogens is 369 g/mol.